The molecule has 7 nitrogen and oxygen atoms in total. The van der Waals surface area contributed by atoms with E-state index >= 15 is 0 Å². The van der Waals surface area contributed by atoms with Crippen molar-refractivity contribution in [3.8, 4) is 0 Å². The Morgan fingerprint density at radius 1 is 1.50 bits per heavy atom. The number of nitrogens with zero attached hydrogens (tertiary/aromatic N) is 2. The van der Waals surface area contributed by atoms with Gasteiger partial charge in [0.1, 0.15) is 0 Å². The molecule has 1 atom stereocenters. The average Bonchev–Trinajstić information content (AvgIpc) is 3.21. The van der Waals surface area contributed by atoms with Crippen LogP contribution in [0.4, 0.5) is 10.8 Å². The van der Waals surface area contributed by atoms with Crippen molar-refractivity contribution in [3.05, 3.63) is 47.4 Å². The quantitative estimate of drug-likeness (QED) is 0.519. The first-order chi connectivity index (χ1) is 11.5. The van der Waals surface area contributed by atoms with Crippen molar-refractivity contribution in [2.75, 3.05) is 11.1 Å². The van der Waals surface area contributed by atoms with E-state index in [0.717, 1.165) is 9.92 Å². The zero-order valence-electron chi connectivity index (χ0n) is 12.7. The SMILES string of the molecule is CC(O)c1csc(NC(=O)c2cc(Sc3cnc[nH]3)ccc2N)n1. The summed E-state index contributed by atoms with van der Waals surface area (Å²) >= 11 is 2.70. The zero-order valence-corrected chi connectivity index (χ0v) is 14.3. The van der Waals surface area contributed by atoms with E-state index in [1.165, 1.54) is 23.1 Å². The third kappa shape index (κ3) is 3.75. The molecular weight excluding hydrogens is 346 g/mol. The Morgan fingerprint density at radius 2 is 2.33 bits per heavy atom. The van der Waals surface area contributed by atoms with Crippen LogP contribution in [0, 0.1) is 0 Å². The first-order valence-electron chi connectivity index (χ1n) is 7.03. The number of rotatable bonds is 5. The summed E-state index contributed by atoms with van der Waals surface area (Å²) in [7, 11) is 0. The summed E-state index contributed by atoms with van der Waals surface area (Å²) in [4.78, 5) is 24.4. The highest BCUT2D eigenvalue weighted by Crippen LogP contribution is 2.29. The molecule has 2 heterocycles. The summed E-state index contributed by atoms with van der Waals surface area (Å²) in [6.07, 6.45) is 2.62. The maximum absolute atomic E-state index is 12.5. The van der Waals surface area contributed by atoms with Gasteiger partial charge in [-0.1, -0.05) is 11.8 Å². The monoisotopic (exact) mass is 361 g/mol. The third-order valence-electron chi connectivity index (χ3n) is 3.14. The van der Waals surface area contributed by atoms with Crippen LogP contribution in [-0.4, -0.2) is 26.0 Å². The number of H-pyrrole nitrogens is 1. The maximum Gasteiger partial charge on any atom is 0.259 e. The predicted molar refractivity (Wildman–Crippen MR) is 94.3 cm³/mol. The Balaban J connectivity index is 1.78. The number of amides is 1. The fraction of sp³-hybridized carbons (Fsp3) is 0.133. The van der Waals surface area contributed by atoms with Crippen LogP contribution in [0.5, 0.6) is 0 Å². The van der Waals surface area contributed by atoms with Gasteiger partial charge < -0.3 is 15.8 Å². The van der Waals surface area contributed by atoms with Crippen molar-refractivity contribution in [2.24, 2.45) is 0 Å². The highest BCUT2D eigenvalue weighted by Gasteiger charge is 2.14. The lowest BCUT2D eigenvalue weighted by atomic mass is 10.1. The van der Waals surface area contributed by atoms with Gasteiger partial charge in [-0.15, -0.1) is 11.3 Å². The Bertz CT molecular complexity index is 845. The molecule has 0 aliphatic carbocycles. The van der Waals surface area contributed by atoms with Crippen molar-refractivity contribution in [1.29, 1.82) is 0 Å². The Labute approximate surface area is 146 Å². The standard InChI is InChI=1S/C15H15N5O2S2/c1-8(21)12-6-23-15(19-12)20-14(22)10-4-9(2-3-11(10)16)24-13-5-17-7-18-13/h2-8,21H,16H2,1H3,(H,17,18)(H,19,20,22). The number of anilines is 2. The number of aromatic nitrogens is 3. The average molecular weight is 361 g/mol. The van der Waals surface area contributed by atoms with E-state index in [0.29, 0.717) is 22.1 Å². The smallest absolute Gasteiger partial charge is 0.259 e. The lowest BCUT2D eigenvalue weighted by Gasteiger charge is -2.07. The number of aliphatic hydroxyl groups excluding tert-OH is 1. The van der Waals surface area contributed by atoms with Crippen LogP contribution in [0.3, 0.4) is 0 Å². The molecule has 3 rings (SSSR count). The van der Waals surface area contributed by atoms with Crippen LogP contribution in [0.15, 0.2) is 46.0 Å². The molecule has 0 spiro atoms. The second kappa shape index (κ2) is 7.04. The fourth-order valence-corrected chi connectivity index (χ4v) is 3.51. The molecule has 1 aromatic carbocycles. The van der Waals surface area contributed by atoms with Gasteiger partial charge in [-0.25, -0.2) is 9.97 Å². The number of imidazole rings is 1. The number of carbonyl (C=O) groups is 1. The van der Waals surface area contributed by atoms with Gasteiger partial charge in [0, 0.05) is 16.0 Å². The molecule has 0 fully saturated rings. The predicted octanol–water partition coefficient (Wildman–Crippen LogP) is 2.91. The molecule has 0 bridgehead atoms. The van der Waals surface area contributed by atoms with Crippen LogP contribution in [0.25, 0.3) is 0 Å². The lowest BCUT2D eigenvalue weighted by molar-refractivity contribution is 0.102. The van der Waals surface area contributed by atoms with Crippen LogP contribution in [-0.2, 0) is 0 Å². The molecule has 124 valence electrons. The highest BCUT2D eigenvalue weighted by atomic mass is 32.2. The molecule has 24 heavy (non-hydrogen) atoms. The third-order valence-corrected chi connectivity index (χ3v) is 4.85. The number of nitrogens with two attached hydrogens (primary N) is 1. The molecule has 2 aromatic heterocycles. The highest BCUT2D eigenvalue weighted by molar-refractivity contribution is 7.99. The minimum absolute atomic E-state index is 0.342. The first-order valence-corrected chi connectivity index (χ1v) is 8.73. The van der Waals surface area contributed by atoms with Crippen molar-refractivity contribution in [3.63, 3.8) is 0 Å². The first kappa shape index (κ1) is 16.5. The van der Waals surface area contributed by atoms with Crippen molar-refractivity contribution < 1.29 is 9.90 Å². The normalized spacial score (nSPS) is 12.1. The minimum Gasteiger partial charge on any atom is -0.398 e. The number of aromatic amines is 1. The van der Waals surface area contributed by atoms with E-state index in [9.17, 15) is 9.90 Å². The number of hydrogen-bond acceptors (Lipinski definition) is 7. The van der Waals surface area contributed by atoms with Crippen LogP contribution in [0.2, 0.25) is 0 Å². The molecule has 0 aliphatic heterocycles. The van der Waals surface area contributed by atoms with Crippen LogP contribution in [0.1, 0.15) is 29.1 Å². The number of nitrogen functional groups attached to an aromatic ring is 1. The number of nitrogens with one attached hydrogen (secondary N) is 2. The zero-order chi connectivity index (χ0) is 17.1. The van der Waals surface area contributed by atoms with Crippen LogP contribution < -0.4 is 11.1 Å². The Kier molecular flexibility index (Phi) is 4.84. The van der Waals surface area contributed by atoms with E-state index in [1.807, 2.05) is 6.07 Å². The second-order valence-corrected chi connectivity index (χ2v) is 6.95. The molecule has 0 saturated carbocycles. The molecular formula is C15H15N5O2S2. The van der Waals surface area contributed by atoms with Gasteiger partial charge in [0.2, 0.25) is 0 Å². The number of aliphatic hydroxyl groups is 1. The molecule has 0 radical (unpaired) electrons. The molecule has 0 aliphatic rings. The Hall–Kier alpha value is -2.36. The topological polar surface area (TPSA) is 117 Å². The molecule has 9 heteroatoms. The summed E-state index contributed by atoms with van der Waals surface area (Å²) in [5, 5.41) is 15.2. The van der Waals surface area contributed by atoms with Gasteiger partial charge in [0.25, 0.3) is 5.91 Å². The summed E-state index contributed by atoms with van der Waals surface area (Å²) in [5.74, 6) is -0.342. The van der Waals surface area contributed by atoms with Gasteiger partial charge >= 0.3 is 0 Å². The van der Waals surface area contributed by atoms with Gasteiger partial charge in [-0.3, -0.25) is 10.1 Å². The van der Waals surface area contributed by atoms with Crippen molar-refractivity contribution >= 4 is 39.8 Å². The van der Waals surface area contributed by atoms with Gasteiger partial charge in [0.15, 0.2) is 5.13 Å². The van der Waals surface area contributed by atoms with E-state index in [-0.39, 0.29) is 5.91 Å². The fourth-order valence-electron chi connectivity index (χ4n) is 1.92. The van der Waals surface area contributed by atoms with E-state index in [2.05, 4.69) is 20.3 Å². The molecule has 5 N–H and O–H groups in total. The van der Waals surface area contributed by atoms with Gasteiger partial charge in [-0.2, -0.15) is 0 Å². The van der Waals surface area contributed by atoms with E-state index in [4.69, 9.17) is 5.73 Å². The molecule has 0 saturated heterocycles. The van der Waals surface area contributed by atoms with E-state index < -0.39 is 6.10 Å². The minimum atomic E-state index is -0.675. The number of thiazole rings is 1. The van der Waals surface area contributed by atoms with Crippen LogP contribution >= 0.6 is 23.1 Å². The molecule has 1 unspecified atom stereocenters. The Morgan fingerprint density at radius 3 is 3.00 bits per heavy atom. The summed E-state index contributed by atoms with van der Waals surface area (Å²) in [5.41, 5.74) is 7.20. The number of carbonyl (C=O) groups excluding carboxylic acids is 1. The van der Waals surface area contributed by atoms with Crippen molar-refractivity contribution in [2.45, 2.75) is 22.9 Å². The lowest BCUT2D eigenvalue weighted by Crippen LogP contribution is -2.14. The number of benzene rings is 1. The second-order valence-electron chi connectivity index (χ2n) is 4.97. The maximum atomic E-state index is 12.5. The van der Waals surface area contributed by atoms with E-state index in [1.54, 1.807) is 37.0 Å². The summed E-state index contributed by atoms with van der Waals surface area (Å²) in [6, 6.07) is 5.25. The molecule has 1 amide bonds. The number of hydrogen-bond donors (Lipinski definition) is 4. The van der Waals surface area contributed by atoms with Crippen molar-refractivity contribution in [1.82, 2.24) is 15.0 Å². The summed E-state index contributed by atoms with van der Waals surface area (Å²) in [6.45, 7) is 1.62. The summed E-state index contributed by atoms with van der Waals surface area (Å²) < 4.78 is 0. The largest absolute Gasteiger partial charge is 0.398 e. The van der Waals surface area contributed by atoms with Gasteiger partial charge in [-0.05, 0) is 25.1 Å². The molecule has 3 aromatic rings. The van der Waals surface area contributed by atoms with Gasteiger partial charge in [0.05, 0.1) is 34.9 Å².